The molecular weight excluding hydrogens is 336 g/mol. The molecule has 6 nitrogen and oxygen atoms in total. The van der Waals surface area contributed by atoms with Crippen LogP contribution in [0.2, 0.25) is 0 Å². The van der Waals surface area contributed by atoms with Crippen LogP contribution in [0.25, 0.3) is 0 Å². The molecule has 0 bridgehead atoms. The highest BCUT2D eigenvalue weighted by Crippen LogP contribution is 2.24. The second-order valence-corrected chi connectivity index (χ2v) is 5.83. The monoisotopic (exact) mass is 352 g/mol. The summed E-state index contributed by atoms with van der Waals surface area (Å²) >= 11 is 3.29. The first-order valence-corrected chi connectivity index (χ1v) is 7.36. The van der Waals surface area contributed by atoms with Gasteiger partial charge in [0.2, 0.25) is 0 Å². The second kappa shape index (κ2) is 6.71. The molecule has 21 heavy (non-hydrogen) atoms. The van der Waals surface area contributed by atoms with Crippen molar-refractivity contribution in [3.05, 3.63) is 40.4 Å². The highest BCUT2D eigenvalue weighted by atomic mass is 79.9. The average molecular weight is 353 g/mol. The van der Waals surface area contributed by atoms with E-state index in [1.807, 2.05) is 0 Å². The van der Waals surface area contributed by atoms with Crippen LogP contribution < -0.4 is 5.73 Å². The van der Waals surface area contributed by atoms with Gasteiger partial charge in [-0.1, -0.05) is 19.9 Å². The lowest BCUT2D eigenvalue weighted by molar-refractivity contribution is 0.0455. The summed E-state index contributed by atoms with van der Waals surface area (Å²) in [6.45, 7) is 4.98. The molecule has 2 N–H and O–H groups in total. The minimum absolute atomic E-state index is 0.0762. The fraction of sp³-hybridized carbons (Fsp3) is 0.357. The molecule has 0 saturated heterocycles. The van der Waals surface area contributed by atoms with Crippen molar-refractivity contribution >= 4 is 27.6 Å². The zero-order valence-electron chi connectivity index (χ0n) is 11.9. The van der Waals surface area contributed by atoms with Crippen LogP contribution in [0.5, 0.6) is 0 Å². The van der Waals surface area contributed by atoms with E-state index < -0.39 is 5.97 Å². The highest BCUT2D eigenvalue weighted by molar-refractivity contribution is 9.10. The van der Waals surface area contributed by atoms with Crippen molar-refractivity contribution in [2.24, 2.45) is 5.92 Å². The molecule has 0 unspecified atom stereocenters. The van der Waals surface area contributed by atoms with Gasteiger partial charge in [-0.15, -0.1) is 0 Å². The standard InChI is InChI=1S/C14H17BrN4O2/c1-9(2)6-19-12(17-8-18-19)7-21-14(20)10-4-3-5-11(16)13(10)15/h3-5,8-9H,6-7,16H2,1-2H3. The first-order valence-electron chi connectivity index (χ1n) is 6.56. The number of aromatic nitrogens is 3. The number of carbonyl (C=O) groups is 1. The van der Waals surface area contributed by atoms with Crippen LogP contribution in [0, 0.1) is 5.92 Å². The molecule has 0 saturated carbocycles. The molecule has 7 heteroatoms. The largest absolute Gasteiger partial charge is 0.454 e. The van der Waals surface area contributed by atoms with Crippen molar-refractivity contribution in [1.82, 2.24) is 14.8 Å². The van der Waals surface area contributed by atoms with Gasteiger partial charge in [0, 0.05) is 12.2 Å². The topological polar surface area (TPSA) is 83.0 Å². The van der Waals surface area contributed by atoms with Gasteiger partial charge in [-0.05, 0) is 34.0 Å². The molecule has 0 aliphatic rings. The maximum atomic E-state index is 12.1. The van der Waals surface area contributed by atoms with Crippen molar-refractivity contribution in [3.8, 4) is 0 Å². The van der Waals surface area contributed by atoms with Crippen molar-refractivity contribution in [3.63, 3.8) is 0 Å². The summed E-state index contributed by atoms with van der Waals surface area (Å²) in [6, 6.07) is 5.07. The number of benzene rings is 1. The van der Waals surface area contributed by atoms with E-state index in [9.17, 15) is 4.79 Å². The summed E-state index contributed by atoms with van der Waals surface area (Å²) in [4.78, 5) is 16.2. The lowest BCUT2D eigenvalue weighted by atomic mass is 10.2. The summed E-state index contributed by atoms with van der Waals surface area (Å²) < 4.78 is 7.57. The van der Waals surface area contributed by atoms with Crippen LogP contribution in [0.3, 0.4) is 0 Å². The van der Waals surface area contributed by atoms with Gasteiger partial charge < -0.3 is 10.5 Å². The molecule has 0 atom stereocenters. The molecule has 0 aliphatic heterocycles. The molecule has 0 amide bonds. The van der Waals surface area contributed by atoms with E-state index in [0.29, 0.717) is 27.5 Å². The third kappa shape index (κ3) is 3.81. The predicted molar refractivity (Wildman–Crippen MR) is 82.5 cm³/mol. The number of ether oxygens (including phenoxy) is 1. The Balaban J connectivity index is 2.05. The van der Waals surface area contributed by atoms with Gasteiger partial charge in [0.15, 0.2) is 12.4 Å². The predicted octanol–water partition coefficient (Wildman–Crippen LogP) is 2.64. The lowest BCUT2D eigenvalue weighted by Crippen LogP contribution is -2.14. The molecule has 1 aromatic carbocycles. The Morgan fingerprint density at radius 1 is 1.48 bits per heavy atom. The van der Waals surface area contributed by atoms with E-state index in [1.54, 1.807) is 22.9 Å². The van der Waals surface area contributed by atoms with Crippen LogP contribution in [0.4, 0.5) is 5.69 Å². The summed E-state index contributed by atoms with van der Waals surface area (Å²) in [7, 11) is 0. The number of esters is 1. The van der Waals surface area contributed by atoms with Gasteiger partial charge in [0.1, 0.15) is 6.33 Å². The van der Waals surface area contributed by atoms with Crippen molar-refractivity contribution in [1.29, 1.82) is 0 Å². The first-order chi connectivity index (χ1) is 9.99. The highest BCUT2D eigenvalue weighted by Gasteiger charge is 2.15. The SMILES string of the molecule is CC(C)Cn1ncnc1COC(=O)c1cccc(N)c1Br. The molecule has 0 spiro atoms. The number of carbonyl (C=O) groups excluding carboxylic acids is 1. The fourth-order valence-electron chi connectivity index (χ4n) is 1.81. The van der Waals surface area contributed by atoms with Gasteiger partial charge in [-0.2, -0.15) is 5.10 Å². The Hall–Kier alpha value is -1.89. The lowest BCUT2D eigenvalue weighted by Gasteiger charge is -2.10. The van der Waals surface area contributed by atoms with Gasteiger partial charge in [0.05, 0.1) is 10.0 Å². The van der Waals surface area contributed by atoms with Crippen LogP contribution in [-0.4, -0.2) is 20.7 Å². The maximum Gasteiger partial charge on any atom is 0.339 e. The second-order valence-electron chi connectivity index (χ2n) is 5.04. The van der Waals surface area contributed by atoms with E-state index >= 15 is 0 Å². The molecule has 112 valence electrons. The average Bonchev–Trinajstić information content (AvgIpc) is 2.85. The number of rotatable bonds is 5. The molecule has 1 aromatic heterocycles. The molecule has 1 heterocycles. The summed E-state index contributed by atoms with van der Waals surface area (Å²) in [5.41, 5.74) is 6.63. The van der Waals surface area contributed by atoms with Gasteiger partial charge in [0.25, 0.3) is 0 Å². The Morgan fingerprint density at radius 3 is 2.95 bits per heavy atom. The van der Waals surface area contributed by atoms with Crippen LogP contribution in [0.15, 0.2) is 29.0 Å². The third-order valence-corrected chi connectivity index (χ3v) is 3.70. The molecule has 0 aliphatic carbocycles. The minimum Gasteiger partial charge on any atom is -0.454 e. The Labute approximate surface area is 131 Å². The Bertz CT molecular complexity index is 640. The Morgan fingerprint density at radius 2 is 2.24 bits per heavy atom. The normalized spacial score (nSPS) is 10.9. The zero-order valence-corrected chi connectivity index (χ0v) is 13.5. The number of nitrogen functional groups attached to an aromatic ring is 1. The van der Waals surface area contributed by atoms with E-state index in [-0.39, 0.29) is 6.61 Å². The number of hydrogen-bond donors (Lipinski definition) is 1. The minimum atomic E-state index is -0.451. The van der Waals surface area contributed by atoms with Gasteiger partial charge in [-0.3, -0.25) is 0 Å². The van der Waals surface area contributed by atoms with Crippen LogP contribution >= 0.6 is 15.9 Å². The number of nitrogens with two attached hydrogens (primary N) is 1. The van der Waals surface area contributed by atoms with Gasteiger partial charge >= 0.3 is 5.97 Å². The zero-order chi connectivity index (χ0) is 15.4. The smallest absolute Gasteiger partial charge is 0.339 e. The van der Waals surface area contributed by atoms with E-state index in [1.165, 1.54) is 6.33 Å². The van der Waals surface area contributed by atoms with Gasteiger partial charge in [-0.25, -0.2) is 14.5 Å². The van der Waals surface area contributed by atoms with Crippen LogP contribution in [0.1, 0.15) is 30.0 Å². The van der Waals surface area contributed by atoms with E-state index in [0.717, 1.165) is 6.54 Å². The van der Waals surface area contributed by atoms with E-state index in [4.69, 9.17) is 10.5 Å². The molecule has 2 rings (SSSR count). The molecular formula is C14H17BrN4O2. The first kappa shape index (κ1) is 15.5. The Kier molecular flexibility index (Phi) is 4.95. The summed E-state index contributed by atoms with van der Waals surface area (Å²) in [6.07, 6.45) is 1.46. The number of anilines is 1. The van der Waals surface area contributed by atoms with Crippen molar-refractivity contribution in [2.45, 2.75) is 27.0 Å². The number of hydrogen-bond acceptors (Lipinski definition) is 5. The molecule has 2 aromatic rings. The molecule has 0 fully saturated rings. The molecule has 0 radical (unpaired) electrons. The summed E-state index contributed by atoms with van der Waals surface area (Å²) in [5, 5.41) is 4.12. The maximum absolute atomic E-state index is 12.1. The quantitative estimate of drug-likeness (QED) is 0.660. The summed E-state index contributed by atoms with van der Waals surface area (Å²) in [5.74, 6) is 0.606. The van der Waals surface area contributed by atoms with E-state index in [2.05, 4.69) is 39.9 Å². The number of halogens is 1. The van der Waals surface area contributed by atoms with Crippen LogP contribution in [-0.2, 0) is 17.9 Å². The van der Waals surface area contributed by atoms with Crippen molar-refractivity contribution < 1.29 is 9.53 Å². The third-order valence-electron chi connectivity index (χ3n) is 2.81. The van der Waals surface area contributed by atoms with Crippen molar-refractivity contribution in [2.75, 3.05) is 5.73 Å². The number of nitrogens with zero attached hydrogens (tertiary/aromatic N) is 3. The fourth-order valence-corrected chi connectivity index (χ4v) is 2.24.